The highest BCUT2D eigenvalue weighted by atomic mass is 16.5. The van der Waals surface area contributed by atoms with Crippen LogP contribution < -0.4 is 0 Å². The summed E-state index contributed by atoms with van der Waals surface area (Å²) in [5.74, 6) is -0.144. The van der Waals surface area contributed by atoms with E-state index >= 15 is 0 Å². The molecule has 1 amide bonds. The van der Waals surface area contributed by atoms with Crippen LogP contribution in [-0.2, 0) is 27.2 Å². The minimum atomic E-state index is -0.324. The molecule has 1 fully saturated rings. The second kappa shape index (κ2) is 11.0. The number of methoxy groups -OCH3 is 1. The van der Waals surface area contributed by atoms with Gasteiger partial charge >= 0.3 is 5.97 Å². The average molecular weight is 463 g/mol. The van der Waals surface area contributed by atoms with Gasteiger partial charge in [0.05, 0.1) is 32.3 Å². The first kappa shape index (κ1) is 24.2. The van der Waals surface area contributed by atoms with Crippen molar-refractivity contribution in [1.82, 2.24) is 9.80 Å². The van der Waals surface area contributed by atoms with E-state index in [4.69, 9.17) is 9.47 Å². The molecule has 0 bridgehead atoms. The van der Waals surface area contributed by atoms with E-state index in [1.54, 1.807) is 12.1 Å². The third-order valence-corrected chi connectivity index (χ3v) is 6.81. The molecule has 0 spiro atoms. The molecule has 0 unspecified atom stereocenters. The predicted molar refractivity (Wildman–Crippen MR) is 132 cm³/mol. The first-order valence-electron chi connectivity index (χ1n) is 12.0. The molecule has 2 atom stereocenters. The Hall–Kier alpha value is -2.96. The van der Waals surface area contributed by atoms with Gasteiger partial charge in [-0.15, -0.1) is 0 Å². The van der Waals surface area contributed by atoms with E-state index in [0.717, 1.165) is 30.7 Å². The number of rotatable bonds is 6. The lowest BCUT2D eigenvalue weighted by molar-refractivity contribution is -0.135. The van der Waals surface area contributed by atoms with Gasteiger partial charge in [0.1, 0.15) is 0 Å². The number of ether oxygens (including phenoxy) is 2. The fourth-order valence-electron chi connectivity index (χ4n) is 4.90. The van der Waals surface area contributed by atoms with Crippen LogP contribution in [0.5, 0.6) is 0 Å². The number of esters is 1. The second-order valence-electron chi connectivity index (χ2n) is 9.29. The van der Waals surface area contributed by atoms with E-state index in [-0.39, 0.29) is 24.0 Å². The summed E-state index contributed by atoms with van der Waals surface area (Å²) in [6.07, 6.45) is 3.47. The Morgan fingerprint density at radius 1 is 1.03 bits per heavy atom. The highest BCUT2D eigenvalue weighted by Crippen LogP contribution is 2.24. The number of carbonyl (C=O) groups excluding carboxylic acids is 2. The van der Waals surface area contributed by atoms with Crippen LogP contribution in [0.2, 0.25) is 0 Å². The fraction of sp³-hybridized carbons (Fsp3) is 0.429. The average Bonchev–Trinajstić information content (AvgIpc) is 2.86. The zero-order valence-corrected chi connectivity index (χ0v) is 20.3. The summed E-state index contributed by atoms with van der Waals surface area (Å²) in [6.45, 7) is 7.98. The number of nitrogens with zero attached hydrogens (tertiary/aromatic N) is 2. The number of hydrogen-bond acceptors (Lipinski definition) is 5. The fourth-order valence-corrected chi connectivity index (χ4v) is 4.90. The molecule has 2 aromatic rings. The van der Waals surface area contributed by atoms with Gasteiger partial charge in [0.25, 0.3) is 0 Å². The van der Waals surface area contributed by atoms with E-state index in [9.17, 15) is 9.59 Å². The van der Waals surface area contributed by atoms with Gasteiger partial charge in [-0.05, 0) is 54.7 Å². The van der Waals surface area contributed by atoms with Crippen molar-refractivity contribution >= 4 is 17.4 Å². The molecule has 0 radical (unpaired) electrons. The molecule has 6 nitrogen and oxygen atoms in total. The van der Waals surface area contributed by atoms with Crippen LogP contribution >= 0.6 is 0 Å². The molecule has 2 aliphatic heterocycles. The molecule has 2 aromatic carbocycles. The zero-order chi connectivity index (χ0) is 24.1. The summed E-state index contributed by atoms with van der Waals surface area (Å²) < 4.78 is 10.2. The van der Waals surface area contributed by atoms with Crippen molar-refractivity contribution < 1.29 is 19.1 Å². The molecule has 2 aliphatic rings. The summed E-state index contributed by atoms with van der Waals surface area (Å²) >= 11 is 0. The van der Waals surface area contributed by atoms with Crippen molar-refractivity contribution in [3.05, 3.63) is 76.9 Å². The number of carbonyl (C=O) groups is 2. The molecular formula is C28H34N2O4. The second-order valence-corrected chi connectivity index (χ2v) is 9.29. The Bertz CT molecular complexity index is 1030. The summed E-state index contributed by atoms with van der Waals surface area (Å²) in [4.78, 5) is 29.3. The summed E-state index contributed by atoms with van der Waals surface area (Å²) in [6, 6.07) is 16.4. The van der Waals surface area contributed by atoms with Gasteiger partial charge in [0, 0.05) is 31.7 Å². The number of benzene rings is 2. The zero-order valence-electron chi connectivity index (χ0n) is 20.3. The van der Waals surface area contributed by atoms with Crippen molar-refractivity contribution in [3.63, 3.8) is 0 Å². The molecule has 2 heterocycles. The summed E-state index contributed by atoms with van der Waals surface area (Å²) in [5, 5.41) is 0. The Kier molecular flexibility index (Phi) is 7.80. The molecule has 1 saturated heterocycles. The monoisotopic (exact) mass is 462 g/mol. The minimum Gasteiger partial charge on any atom is -0.465 e. The van der Waals surface area contributed by atoms with Crippen LogP contribution in [0.4, 0.5) is 0 Å². The summed E-state index contributed by atoms with van der Waals surface area (Å²) in [7, 11) is 1.39. The highest BCUT2D eigenvalue weighted by Gasteiger charge is 2.31. The van der Waals surface area contributed by atoms with E-state index < -0.39 is 0 Å². The van der Waals surface area contributed by atoms with Gasteiger partial charge in [-0.3, -0.25) is 9.69 Å². The van der Waals surface area contributed by atoms with Gasteiger partial charge in [-0.25, -0.2) is 4.79 Å². The van der Waals surface area contributed by atoms with Crippen LogP contribution in [-0.4, -0.2) is 67.2 Å². The van der Waals surface area contributed by atoms with Crippen LogP contribution in [0.25, 0.3) is 5.57 Å². The number of hydrogen-bond donors (Lipinski definition) is 0. The summed E-state index contributed by atoms with van der Waals surface area (Å²) in [5.41, 5.74) is 5.25. The Morgan fingerprint density at radius 2 is 1.76 bits per heavy atom. The molecule has 6 heteroatoms. The molecule has 0 aliphatic carbocycles. The number of piperazine rings is 1. The first-order valence-corrected chi connectivity index (χ1v) is 12.0. The van der Waals surface area contributed by atoms with Crippen LogP contribution in [0.3, 0.4) is 0 Å². The minimum absolute atomic E-state index is 0.180. The molecule has 180 valence electrons. The molecule has 0 N–H and O–H groups in total. The SMILES string of the molecule is COC(=O)c1ccc(CN2[C@H](C)CN(C(=O)Cc3cccc(C4=CCOCC4)c3)C[C@@H]2C)cc1. The van der Waals surface area contributed by atoms with E-state index in [2.05, 4.69) is 37.0 Å². The normalized spacial score (nSPS) is 21.1. The topological polar surface area (TPSA) is 59.1 Å². The van der Waals surface area contributed by atoms with Crippen molar-refractivity contribution in [2.45, 2.75) is 45.3 Å². The van der Waals surface area contributed by atoms with E-state index in [0.29, 0.717) is 31.7 Å². The molecule has 4 rings (SSSR count). The molecule has 34 heavy (non-hydrogen) atoms. The van der Waals surface area contributed by atoms with Gasteiger partial charge in [-0.2, -0.15) is 0 Å². The van der Waals surface area contributed by atoms with Crippen LogP contribution in [0, 0.1) is 0 Å². The Balaban J connectivity index is 1.36. The van der Waals surface area contributed by atoms with Crippen molar-refractivity contribution in [2.75, 3.05) is 33.4 Å². The van der Waals surface area contributed by atoms with Crippen molar-refractivity contribution in [3.8, 4) is 0 Å². The van der Waals surface area contributed by atoms with Crippen LogP contribution in [0.1, 0.15) is 47.3 Å². The maximum absolute atomic E-state index is 13.2. The lowest BCUT2D eigenvalue weighted by Gasteiger charge is -2.44. The third-order valence-electron chi connectivity index (χ3n) is 6.81. The van der Waals surface area contributed by atoms with Gasteiger partial charge in [0.15, 0.2) is 0 Å². The highest BCUT2D eigenvalue weighted by molar-refractivity contribution is 5.89. The lowest BCUT2D eigenvalue weighted by atomic mass is 9.98. The smallest absolute Gasteiger partial charge is 0.337 e. The molecule has 0 aromatic heterocycles. The maximum Gasteiger partial charge on any atom is 0.337 e. The predicted octanol–water partition coefficient (Wildman–Crippen LogP) is 3.94. The van der Waals surface area contributed by atoms with E-state index in [1.165, 1.54) is 18.2 Å². The van der Waals surface area contributed by atoms with Crippen LogP contribution in [0.15, 0.2) is 54.6 Å². The molecule has 0 saturated carbocycles. The largest absolute Gasteiger partial charge is 0.465 e. The third kappa shape index (κ3) is 5.75. The van der Waals surface area contributed by atoms with Crippen molar-refractivity contribution in [1.29, 1.82) is 0 Å². The lowest BCUT2D eigenvalue weighted by Crippen LogP contribution is -2.57. The Labute approximate surface area is 202 Å². The quantitative estimate of drug-likeness (QED) is 0.609. The maximum atomic E-state index is 13.2. The number of amides is 1. The molecular weight excluding hydrogens is 428 g/mol. The van der Waals surface area contributed by atoms with Gasteiger partial charge in [-0.1, -0.05) is 42.5 Å². The Morgan fingerprint density at radius 3 is 2.41 bits per heavy atom. The standard InChI is InChI=1S/C28H34N2O4/c1-20-17-29(18-21(2)30(20)19-22-7-9-25(10-8-22)28(32)33-3)27(31)16-23-5-4-6-26(15-23)24-11-13-34-14-12-24/h4-11,15,20-21H,12-14,16-19H2,1-3H3/t20-,21+. The first-order chi connectivity index (χ1) is 16.4. The van der Waals surface area contributed by atoms with Gasteiger partial charge in [0.2, 0.25) is 5.91 Å². The van der Waals surface area contributed by atoms with Gasteiger partial charge < -0.3 is 14.4 Å². The van der Waals surface area contributed by atoms with E-state index in [1.807, 2.05) is 29.2 Å². The van der Waals surface area contributed by atoms with Crippen molar-refractivity contribution in [2.24, 2.45) is 0 Å².